The topological polar surface area (TPSA) is 103 Å². The first-order valence-corrected chi connectivity index (χ1v) is 5.29. The summed E-state index contributed by atoms with van der Waals surface area (Å²) in [4.78, 5) is 11.1. The molecular formula is C12H9F3N4O. The molecule has 1 rings (SSSR count). The standard InChI is InChI=1S/C12H9F3N4O/c13-12(14,15)11(7-17,10(18)20)19-9-4-2-1-3-8(9)5-6-16/h1-4,19H,5H2,(H2,18,20). The van der Waals surface area contributed by atoms with E-state index >= 15 is 0 Å². The molecule has 0 bridgehead atoms. The highest BCUT2D eigenvalue weighted by atomic mass is 19.4. The molecule has 0 saturated carbocycles. The van der Waals surface area contributed by atoms with E-state index in [1.54, 1.807) is 6.07 Å². The molecule has 0 spiro atoms. The van der Waals surface area contributed by atoms with Crippen LogP contribution in [0.2, 0.25) is 0 Å². The molecule has 20 heavy (non-hydrogen) atoms. The van der Waals surface area contributed by atoms with E-state index in [4.69, 9.17) is 16.3 Å². The monoisotopic (exact) mass is 282 g/mol. The van der Waals surface area contributed by atoms with Crippen LogP contribution in [0.25, 0.3) is 0 Å². The van der Waals surface area contributed by atoms with E-state index in [1.807, 2.05) is 5.32 Å². The lowest BCUT2D eigenvalue weighted by molar-refractivity contribution is -0.172. The molecule has 0 saturated heterocycles. The summed E-state index contributed by atoms with van der Waals surface area (Å²) in [7, 11) is 0. The first-order chi connectivity index (χ1) is 9.28. The molecule has 0 fully saturated rings. The van der Waals surface area contributed by atoms with E-state index in [2.05, 4.69) is 0 Å². The van der Waals surface area contributed by atoms with Gasteiger partial charge in [-0.25, -0.2) is 0 Å². The van der Waals surface area contributed by atoms with Crippen molar-refractivity contribution in [3.8, 4) is 12.1 Å². The summed E-state index contributed by atoms with van der Waals surface area (Å²) in [5.41, 5.74) is 1.26. The number of alkyl halides is 3. The van der Waals surface area contributed by atoms with Crippen LogP contribution in [0.1, 0.15) is 5.56 Å². The maximum absolute atomic E-state index is 13.0. The number of nitrogens with zero attached hydrogens (tertiary/aromatic N) is 2. The van der Waals surface area contributed by atoms with Gasteiger partial charge in [0.2, 0.25) is 0 Å². The van der Waals surface area contributed by atoms with Gasteiger partial charge >= 0.3 is 6.18 Å². The predicted octanol–water partition coefficient (Wildman–Crippen LogP) is 1.47. The Labute approximate surface area is 112 Å². The molecule has 0 aliphatic rings. The van der Waals surface area contributed by atoms with Crippen LogP contribution in [0.15, 0.2) is 24.3 Å². The van der Waals surface area contributed by atoms with Crippen molar-refractivity contribution in [3.63, 3.8) is 0 Å². The number of amides is 1. The number of hydrogen-bond donors (Lipinski definition) is 2. The number of benzene rings is 1. The second kappa shape index (κ2) is 5.49. The number of nitrogens with two attached hydrogens (primary N) is 1. The van der Waals surface area contributed by atoms with Crippen LogP contribution in [0.5, 0.6) is 0 Å². The van der Waals surface area contributed by atoms with Crippen molar-refractivity contribution >= 4 is 11.6 Å². The van der Waals surface area contributed by atoms with Crippen molar-refractivity contribution in [2.45, 2.75) is 18.1 Å². The lowest BCUT2D eigenvalue weighted by Crippen LogP contribution is -2.60. The highest BCUT2D eigenvalue weighted by molar-refractivity contribution is 5.92. The average molecular weight is 282 g/mol. The van der Waals surface area contributed by atoms with Crippen LogP contribution in [0.3, 0.4) is 0 Å². The molecule has 0 radical (unpaired) electrons. The Hall–Kier alpha value is -2.74. The van der Waals surface area contributed by atoms with Crippen LogP contribution in [-0.4, -0.2) is 17.6 Å². The maximum atomic E-state index is 13.0. The first kappa shape index (κ1) is 15.3. The molecular weight excluding hydrogens is 273 g/mol. The van der Waals surface area contributed by atoms with E-state index in [-0.39, 0.29) is 17.7 Å². The molecule has 104 valence electrons. The Kier molecular flexibility index (Phi) is 4.21. The molecule has 8 heteroatoms. The number of halogens is 3. The largest absolute Gasteiger partial charge is 0.434 e. The van der Waals surface area contributed by atoms with Crippen LogP contribution in [0.4, 0.5) is 18.9 Å². The molecule has 0 aliphatic heterocycles. The molecule has 3 N–H and O–H groups in total. The number of para-hydroxylation sites is 1. The number of rotatable bonds is 4. The minimum Gasteiger partial charge on any atom is -0.366 e. The van der Waals surface area contributed by atoms with Gasteiger partial charge in [0.05, 0.1) is 12.5 Å². The highest BCUT2D eigenvalue weighted by Gasteiger charge is 2.61. The minimum atomic E-state index is -5.20. The molecule has 0 aliphatic carbocycles. The van der Waals surface area contributed by atoms with Crippen molar-refractivity contribution in [3.05, 3.63) is 29.8 Å². The third-order valence-electron chi connectivity index (χ3n) is 2.57. The van der Waals surface area contributed by atoms with Crippen LogP contribution in [0, 0.1) is 22.7 Å². The van der Waals surface area contributed by atoms with E-state index in [0.717, 1.165) is 6.07 Å². The summed E-state index contributed by atoms with van der Waals surface area (Å²) in [6.45, 7) is 0. The molecule has 5 nitrogen and oxygen atoms in total. The van der Waals surface area contributed by atoms with Crippen LogP contribution in [-0.2, 0) is 11.2 Å². The highest BCUT2D eigenvalue weighted by Crippen LogP contribution is 2.34. The van der Waals surface area contributed by atoms with Gasteiger partial charge in [-0.05, 0) is 11.6 Å². The lowest BCUT2D eigenvalue weighted by Gasteiger charge is -2.28. The van der Waals surface area contributed by atoms with Gasteiger partial charge in [0.1, 0.15) is 6.07 Å². The van der Waals surface area contributed by atoms with Crippen molar-refractivity contribution in [1.29, 1.82) is 10.5 Å². The van der Waals surface area contributed by atoms with E-state index in [0.29, 0.717) is 0 Å². The molecule has 0 aromatic heterocycles. The van der Waals surface area contributed by atoms with Gasteiger partial charge in [-0.3, -0.25) is 4.79 Å². The normalized spacial score (nSPS) is 13.7. The van der Waals surface area contributed by atoms with E-state index < -0.39 is 17.6 Å². The fourth-order valence-electron chi connectivity index (χ4n) is 1.50. The summed E-state index contributed by atoms with van der Waals surface area (Å²) in [5, 5.41) is 19.2. The zero-order valence-corrected chi connectivity index (χ0v) is 10.0. The third-order valence-corrected chi connectivity index (χ3v) is 2.57. The minimum absolute atomic E-state index is 0.147. The van der Waals surface area contributed by atoms with Gasteiger partial charge in [0.25, 0.3) is 11.4 Å². The van der Waals surface area contributed by atoms with Crippen molar-refractivity contribution in [2.24, 2.45) is 5.73 Å². The quantitative estimate of drug-likeness (QED) is 0.872. The van der Waals surface area contributed by atoms with Crippen LogP contribution < -0.4 is 11.1 Å². The Balaban J connectivity index is 3.33. The number of carbonyl (C=O) groups excluding carboxylic acids is 1. The molecule has 1 aromatic rings. The Bertz CT molecular complexity index is 600. The lowest BCUT2D eigenvalue weighted by atomic mass is 9.98. The summed E-state index contributed by atoms with van der Waals surface area (Å²) in [6, 6.07) is 8.22. The SMILES string of the molecule is N#CCc1ccccc1NC(C#N)(C(N)=O)C(F)(F)F. The van der Waals surface area contributed by atoms with Gasteiger partial charge in [0.15, 0.2) is 0 Å². The zero-order valence-electron chi connectivity index (χ0n) is 10.0. The summed E-state index contributed by atoms with van der Waals surface area (Å²) in [6.07, 6.45) is -5.38. The second-order valence-corrected chi connectivity index (χ2v) is 3.84. The van der Waals surface area contributed by atoms with Crippen LogP contribution >= 0.6 is 0 Å². The molecule has 1 aromatic carbocycles. The fourth-order valence-corrected chi connectivity index (χ4v) is 1.50. The van der Waals surface area contributed by atoms with Gasteiger partial charge in [0, 0.05) is 5.69 Å². The average Bonchev–Trinajstić information content (AvgIpc) is 2.36. The fraction of sp³-hybridized carbons (Fsp3) is 0.250. The molecule has 1 atom stereocenters. The number of primary amides is 1. The predicted molar refractivity (Wildman–Crippen MR) is 63.0 cm³/mol. The van der Waals surface area contributed by atoms with Gasteiger partial charge in [-0.1, -0.05) is 18.2 Å². The zero-order chi connectivity index (χ0) is 15.4. The second-order valence-electron chi connectivity index (χ2n) is 3.84. The Morgan fingerprint density at radius 3 is 2.35 bits per heavy atom. The number of anilines is 1. The van der Waals surface area contributed by atoms with E-state index in [1.165, 1.54) is 24.3 Å². The van der Waals surface area contributed by atoms with Gasteiger partial charge in [-0.2, -0.15) is 23.7 Å². The number of hydrogen-bond acceptors (Lipinski definition) is 4. The summed E-state index contributed by atoms with van der Waals surface area (Å²) >= 11 is 0. The molecule has 0 heterocycles. The van der Waals surface area contributed by atoms with Crippen molar-refractivity contribution in [2.75, 3.05) is 5.32 Å². The van der Waals surface area contributed by atoms with Crippen molar-refractivity contribution in [1.82, 2.24) is 0 Å². The van der Waals surface area contributed by atoms with Crippen molar-refractivity contribution < 1.29 is 18.0 Å². The Morgan fingerprint density at radius 1 is 1.30 bits per heavy atom. The smallest absolute Gasteiger partial charge is 0.366 e. The summed E-state index contributed by atoms with van der Waals surface area (Å²) < 4.78 is 38.9. The maximum Gasteiger partial charge on any atom is 0.434 e. The number of nitrogens with one attached hydrogen (secondary N) is 1. The van der Waals surface area contributed by atoms with E-state index in [9.17, 15) is 18.0 Å². The van der Waals surface area contributed by atoms with Gasteiger partial charge in [-0.15, -0.1) is 0 Å². The third kappa shape index (κ3) is 2.64. The first-order valence-electron chi connectivity index (χ1n) is 5.29. The molecule has 1 unspecified atom stereocenters. The summed E-state index contributed by atoms with van der Waals surface area (Å²) in [5.74, 6) is -1.86. The Morgan fingerprint density at radius 2 is 1.90 bits per heavy atom. The van der Waals surface area contributed by atoms with Gasteiger partial charge < -0.3 is 11.1 Å². The number of nitriles is 2. The number of carbonyl (C=O) groups is 1. The molecule has 1 amide bonds.